The van der Waals surface area contributed by atoms with Crippen LogP contribution in [0.1, 0.15) is 24.7 Å². The van der Waals surface area contributed by atoms with Crippen molar-refractivity contribution in [2.24, 2.45) is 0 Å². The maximum atomic E-state index is 9.57. The number of rotatable bonds is 4. The van der Waals surface area contributed by atoms with Crippen LogP contribution in [0.5, 0.6) is 0 Å². The molecule has 9 rings (SSSR count). The Bertz CT molecular complexity index is 3400. The zero-order valence-electron chi connectivity index (χ0n) is 39.9. The van der Waals surface area contributed by atoms with Gasteiger partial charge in [-0.05, 0) is 59.8 Å². The van der Waals surface area contributed by atoms with Gasteiger partial charge in [0.2, 0.25) is 0 Å². The molecular formula is C40H26N2O. The molecule has 7 aromatic carbocycles. The van der Waals surface area contributed by atoms with Gasteiger partial charge in [0.1, 0.15) is 11.2 Å². The van der Waals surface area contributed by atoms with Crippen LogP contribution in [0.4, 0.5) is 17.1 Å². The average molecular weight is 569 g/mol. The van der Waals surface area contributed by atoms with E-state index in [1.165, 1.54) is 4.57 Å². The number of anilines is 3. The third-order valence-corrected chi connectivity index (χ3v) is 7.34. The molecular weight excluding hydrogens is 524 g/mol. The SMILES string of the molecule is [2H]c1c([2H])c([2H])c(N(c2c([2H])c([2H])c([2H])c([2H])c2-n2c3ccccc3c3ccccc32)c2c([2H])c([2H])c([2H])c3oc4c5c([2H])c([2H])c([2H])c([2H])c5c([2H])c([2H])c4c23)c([2H])c1[2H]. The van der Waals surface area contributed by atoms with Gasteiger partial charge >= 0.3 is 0 Å². The number of para-hydroxylation sites is 5. The fourth-order valence-electron chi connectivity index (χ4n) is 5.60. The van der Waals surface area contributed by atoms with E-state index >= 15 is 0 Å². The van der Waals surface area contributed by atoms with Crippen LogP contribution in [0.15, 0.2) is 162 Å². The Morgan fingerprint density at radius 2 is 1.21 bits per heavy atom. The summed E-state index contributed by atoms with van der Waals surface area (Å²) >= 11 is 0. The molecule has 0 spiro atoms. The number of hydrogen-bond acceptors (Lipinski definition) is 2. The first kappa shape index (κ1) is 12.2. The molecule has 0 aliphatic heterocycles. The highest BCUT2D eigenvalue weighted by Gasteiger charge is 2.23. The Labute approximate surface area is 273 Å². The molecule has 2 heterocycles. The van der Waals surface area contributed by atoms with Crippen molar-refractivity contribution >= 4 is 71.6 Å². The van der Waals surface area contributed by atoms with Gasteiger partial charge in [0.25, 0.3) is 0 Å². The van der Waals surface area contributed by atoms with E-state index in [9.17, 15) is 8.22 Å². The molecule has 3 nitrogen and oxygen atoms in total. The molecule has 2 aromatic heterocycles. The van der Waals surface area contributed by atoms with Crippen LogP contribution < -0.4 is 4.90 Å². The molecule has 0 fully saturated rings. The molecule has 43 heavy (non-hydrogen) atoms. The Kier molecular flexibility index (Phi) is 2.66. The van der Waals surface area contributed by atoms with Gasteiger partial charge < -0.3 is 13.9 Å². The molecule has 0 radical (unpaired) electrons. The lowest BCUT2D eigenvalue weighted by Gasteiger charge is -2.29. The third-order valence-electron chi connectivity index (χ3n) is 7.34. The van der Waals surface area contributed by atoms with Crippen molar-refractivity contribution in [3.63, 3.8) is 0 Å². The number of hydrogen-bond donors (Lipinski definition) is 0. The van der Waals surface area contributed by atoms with E-state index < -0.39 is 153 Å². The molecule has 202 valence electrons. The molecule has 0 aliphatic rings. The van der Waals surface area contributed by atoms with E-state index in [4.69, 9.17) is 20.9 Å². The maximum Gasteiger partial charge on any atom is 0.143 e. The van der Waals surface area contributed by atoms with Crippen LogP contribution in [0, 0.1) is 0 Å². The second-order valence-electron chi connectivity index (χ2n) is 9.61. The zero-order valence-corrected chi connectivity index (χ0v) is 21.9. The minimum atomic E-state index is -0.903. The van der Waals surface area contributed by atoms with Gasteiger partial charge in [-0.1, -0.05) is 103 Å². The van der Waals surface area contributed by atoms with Gasteiger partial charge in [-0.25, -0.2) is 0 Å². The predicted octanol–water partition coefficient (Wildman–Crippen LogP) is 11.3. The molecule has 0 saturated carbocycles. The summed E-state index contributed by atoms with van der Waals surface area (Å²) in [6.07, 6.45) is 0. The summed E-state index contributed by atoms with van der Waals surface area (Å²) in [7, 11) is 0. The first-order valence-corrected chi connectivity index (χ1v) is 13.2. The molecule has 0 saturated heterocycles. The van der Waals surface area contributed by atoms with E-state index in [1.807, 2.05) is 0 Å². The summed E-state index contributed by atoms with van der Waals surface area (Å²) in [5, 5.41) is -0.321. The zero-order chi connectivity index (χ0) is 44.0. The lowest BCUT2D eigenvalue weighted by molar-refractivity contribution is 0.672. The highest BCUT2D eigenvalue weighted by Crippen LogP contribution is 2.46. The van der Waals surface area contributed by atoms with Crippen LogP contribution in [0.2, 0.25) is 0 Å². The van der Waals surface area contributed by atoms with Gasteiger partial charge in [-0.3, -0.25) is 0 Å². The second kappa shape index (κ2) is 9.37. The normalized spacial score (nSPS) is 17.6. The second-order valence-corrected chi connectivity index (χ2v) is 9.61. The molecule has 0 atom stereocenters. The fraction of sp³-hybridized carbons (Fsp3) is 0. The third kappa shape index (κ3) is 3.55. The molecule has 0 aliphatic carbocycles. The minimum Gasteiger partial charge on any atom is -0.455 e. The largest absolute Gasteiger partial charge is 0.455 e. The van der Waals surface area contributed by atoms with E-state index in [1.54, 1.807) is 48.5 Å². The van der Waals surface area contributed by atoms with E-state index in [0.717, 1.165) is 4.90 Å². The minimum absolute atomic E-state index is 0.316. The average Bonchev–Trinajstić information content (AvgIpc) is 3.81. The van der Waals surface area contributed by atoms with Crippen LogP contribution in [-0.2, 0) is 0 Å². The number of furan rings is 1. The van der Waals surface area contributed by atoms with Crippen molar-refractivity contribution in [1.82, 2.24) is 4.57 Å². The Morgan fingerprint density at radius 3 is 2.02 bits per heavy atom. The van der Waals surface area contributed by atoms with Crippen LogP contribution in [0.25, 0.3) is 60.2 Å². The standard InChI is InChI=1S/C40H26N2O/c1-2-14-28(15-3-1)41(37-23-12-24-38-39(37)32-26-25-27-13-4-5-16-29(27)40(32)43-38)35-21-10-11-22-36(35)42-33-19-8-6-17-30(33)31-18-7-9-20-34(31)42/h1-26H/i1D,2D,3D,4D,5D,10D,11D,12D,13D,14D,15D,16D,21D,22D,23D,24D,25D,26D. The molecule has 0 N–H and O–H groups in total. The predicted molar refractivity (Wildman–Crippen MR) is 180 cm³/mol. The van der Waals surface area contributed by atoms with E-state index in [-0.39, 0.29) is 11.1 Å². The monoisotopic (exact) mass is 568 g/mol. The van der Waals surface area contributed by atoms with Crippen molar-refractivity contribution in [3.05, 3.63) is 157 Å². The summed E-state index contributed by atoms with van der Waals surface area (Å²) in [4.78, 5) is 0.821. The first-order valence-electron chi connectivity index (χ1n) is 22.2. The summed E-state index contributed by atoms with van der Waals surface area (Å²) in [5.74, 6) is 0. The van der Waals surface area contributed by atoms with Gasteiger partial charge in [0.05, 0.1) is 58.2 Å². The van der Waals surface area contributed by atoms with Crippen LogP contribution in [0.3, 0.4) is 0 Å². The van der Waals surface area contributed by atoms with E-state index in [2.05, 4.69) is 0 Å². The Balaban J connectivity index is 1.61. The van der Waals surface area contributed by atoms with Gasteiger partial charge in [0, 0.05) is 27.2 Å². The van der Waals surface area contributed by atoms with Crippen LogP contribution >= 0.6 is 0 Å². The number of nitrogens with zero attached hydrogens (tertiary/aromatic N) is 2. The van der Waals surface area contributed by atoms with Crippen molar-refractivity contribution in [2.75, 3.05) is 4.90 Å². The quantitative estimate of drug-likeness (QED) is 0.211. The van der Waals surface area contributed by atoms with E-state index in [0.29, 0.717) is 21.8 Å². The topological polar surface area (TPSA) is 21.3 Å². The van der Waals surface area contributed by atoms with Crippen LogP contribution in [-0.4, -0.2) is 4.57 Å². The van der Waals surface area contributed by atoms with Gasteiger partial charge in [-0.15, -0.1) is 0 Å². The van der Waals surface area contributed by atoms with Crippen molar-refractivity contribution in [1.29, 1.82) is 0 Å². The number of benzene rings is 7. The molecule has 0 amide bonds. The van der Waals surface area contributed by atoms with Crippen molar-refractivity contribution in [2.45, 2.75) is 0 Å². The van der Waals surface area contributed by atoms with Crippen molar-refractivity contribution < 1.29 is 29.1 Å². The lowest BCUT2D eigenvalue weighted by atomic mass is 10.0. The number of fused-ring (bicyclic) bond motifs is 8. The molecule has 3 heteroatoms. The highest BCUT2D eigenvalue weighted by atomic mass is 16.3. The maximum absolute atomic E-state index is 9.57. The van der Waals surface area contributed by atoms with Gasteiger partial charge in [-0.2, -0.15) is 0 Å². The number of aromatic nitrogens is 1. The van der Waals surface area contributed by atoms with Gasteiger partial charge in [0.15, 0.2) is 0 Å². The fourth-order valence-corrected chi connectivity index (χ4v) is 5.60. The highest BCUT2D eigenvalue weighted by molar-refractivity contribution is 6.20. The molecule has 0 bridgehead atoms. The summed E-state index contributed by atoms with van der Waals surface area (Å²) in [5.41, 5.74) is -2.44. The van der Waals surface area contributed by atoms with Crippen molar-refractivity contribution in [3.8, 4) is 5.69 Å². The summed E-state index contributed by atoms with van der Waals surface area (Å²) in [6.45, 7) is 0. The summed E-state index contributed by atoms with van der Waals surface area (Å²) < 4.78 is 169. The molecule has 0 unspecified atom stereocenters. The smallest absolute Gasteiger partial charge is 0.143 e. The summed E-state index contributed by atoms with van der Waals surface area (Å²) in [6, 6.07) is -0.161. The Hall–Kier alpha value is -5.80. The first-order chi connectivity index (χ1) is 28.8. The lowest BCUT2D eigenvalue weighted by Crippen LogP contribution is -2.13. The molecule has 9 aromatic rings. The Morgan fingerprint density at radius 1 is 0.535 bits per heavy atom.